The van der Waals surface area contributed by atoms with Gasteiger partial charge in [-0.3, -0.25) is 4.79 Å². The molecular formula is C18H22N2O4S. The van der Waals surface area contributed by atoms with E-state index in [2.05, 4.69) is 10.6 Å². The average Bonchev–Trinajstić information content (AvgIpc) is 2.54. The lowest BCUT2D eigenvalue weighted by molar-refractivity contribution is -0.139. The van der Waals surface area contributed by atoms with Crippen LogP contribution in [0.5, 0.6) is 5.75 Å². The van der Waals surface area contributed by atoms with Gasteiger partial charge in [0.05, 0.1) is 24.1 Å². The number of hydrogen-bond donors (Lipinski definition) is 2. The van der Waals surface area contributed by atoms with Gasteiger partial charge in [0.25, 0.3) is 0 Å². The van der Waals surface area contributed by atoms with E-state index in [0.29, 0.717) is 22.1 Å². The fraction of sp³-hybridized carbons (Fsp3) is 0.389. The highest BCUT2D eigenvalue weighted by Crippen LogP contribution is 2.29. The molecule has 0 saturated heterocycles. The minimum absolute atomic E-state index is 0.205. The maximum absolute atomic E-state index is 12.3. The summed E-state index contributed by atoms with van der Waals surface area (Å²) in [5.74, 6) is -0.443. The van der Waals surface area contributed by atoms with Gasteiger partial charge in [0.1, 0.15) is 5.75 Å². The van der Waals surface area contributed by atoms with E-state index in [1.807, 2.05) is 0 Å². The summed E-state index contributed by atoms with van der Waals surface area (Å²) in [6.07, 6.45) is 0. The number of hydrogen-bond acceptors (Lipinski definition) is 5. The Labute approximate surface area is 152 Å². The largest absolute Gasteiger partial charge is 0.463 e. The van der Waals surface area contributed by atoms with Crippen LogP contribution < -0.4 is 15.4 Å². The van der Waals surface area contributed by atoms with Crippen molar-refractivity contribution in [3.8, 4) is 5.75 Å². The van der Waals surface area contributed by atoms with Gasteiger partial charge in [-0.1, -0.05) is 26.0 Å². The monoisotopic (exact) mass is 362 g/mol. The van der Waals surface area contributed by atoms with Crippen molar-refractivity contribution in [2.45, 2.75) is 33.7 Å². The van der Waals surface area contributed by atoms with Gasteiger partial charge in [0.2, 0.25) is 0 Å². The molecule has 1 heterocycles. The Kier molecular flexibility index (Phi) is 6.14. The minimum Gasteiger partial charge on any atom is -0.463 e. The topological polar surface area (TPSA) is 76.7 Å². The van der Waals surface area contributed by atoms with Gasteiger partial charge in [-0.05, 0) is 43.8 Å². The molecule has 0 spiro atoms. The van der Waals surface area contributed by atoms with Crippen LogP contribution in [-0.4, -0.2) is 23.7 Å². The number of thiocarbonyl (C=S) groups is 1. The third-order valence-electron chi connectivity index (χ3n) is 3.67. The van der Waals surface area contributed by atoms with Crippen molar-refractivity contribution >= 4 is 29.3 Å². The Bertz CT molecular complexity index is 710. The summed E-state index contributed by atoms with van der Waals surface area (Å²) >= 11 is 5.20. The second-order valence-electron chi connectivity index (χ2n) is 5.94. The van der Waals surface area contributed by atoms with Crippen LogP contribution >= 0.6 is 12.2 Å². The van der Waals surface area contributed by atoms with E-state index >= 15 is 0 Å². The SMILES string of the molecule is CCOC(=O)C1=C(C)NC(=S)NC1c1ccc(OC(=O)C(C)C)cc1. The number of carbonyl (C=O) groups excluding carboxylic acids is 2. The van der Waals surface area contributed by atoms with Gasteiger partial charge in [-0.15, -0.1) is 0 Å². The third kappa shape index (κ3) is 4.57. The molecule has 1 unspecified atom stereocenters. The summed E-state index contributed by atoms with van der Waals surface area (Å²) < 4.78 is 10.4. The second kappa shape index (κ2) is 8.11. The van der Waals surface area contributed by atoms with Crippen molar-refractivity contribution < 1.29 is 19.1 Å². The van der Waals surface area contributed by atoms with Crippen molar-refractivity contribution in [1.82, 2.24) is 10.6 Å². The number of carbonyl (C=O) groups is 2. The van der Waals surface area contributed by atoms with Crippen LogP contribution in [0.2, 0.25) is 0 Å². The summed E-state index contributed by atoms with van der Waals surface area (Å²) in [5, 5.41) is 6.47. The van der Waals surface area contributed by atoms with E-state index < -0.39 is 12.0 Å². The highest BCUT2D eigenvalue weighted by Gasteiger charge is 2.30. The Balaban J connectivity index is 2.28. The summed E-state index contributed by atoms with van der Waals surface area (Å²) in [6, 6.07) is 6.55. The number of benzene rings is 1. The zero-order chi connectivity index (χ0) is 18.6. The van der Waals surface area contributed by atoms with E-state index in [9.17, 15) is 9.59 Å². The summed E-state index contributed by atoms with van der Waals surface area (Å²) in [5.41, 5.74) is 1.94. The molecule has 25 heavy (non-hydrogen) atoms. The van der Waals surface area contributed by atoms with E-state index in [4.69, 9.17) is 21.7 Å². The van der Waals surface area contributed by atoms with E-state index in [1.54, 1.807) is 52.0 Å². The summed E-state index contributed by atoms with van der Waals surface area (Å²) in [6.45, 7) is 7.38. The van der Waals surface area contributed by atoms with Gasteiger partial charge >= 0.3 is 11.9 Å². The molecule has 1 aliphatic rings. The van der Waals surface area contributed by atoms with Gasteiger partial charge < -0.3 is 20.1 Å². The number of nitrogens with one attached hydrogen (secondary N) is 2. The van der Waals surface area contributed by atoms with Crippen molar-refractivity contribution in [2.24, 2.45) is 5.92 Å². The lowest BCUT2D eigenvalue weighted by atomic mass is 9.95. The molecule has 2 N–H and O–H groups in total. The first-order chi connectivity index (χ1) is 11.8. The molecule has 0 fully saturated rings. The van der Waals surface area contributed by atoms with Crippen LogP contribution in [0, 0.1) is 5.92 Å². The predicted molar refractivity (Wildman–Crippen MR) is 97.9 cm³/mol. The molecule has 0 aromatic heterocycles. The smallest absolute Gasteiger partial charge is 0.338 e. The molecule has 0 radical (unpaired) electrons. The fourth-order valence-corrected chi connectivity index (χ4v) is 2.66. The first kappa shape index (κ1) is 18.9. The highest BCUT2D eigenvalue weighted by atomic mass is 32.1. The van der Waals surface area contributed by atoms with Crippen LogP contribution in [0.3, 0.4) is 0 Å². The average molecular weight is 362 g/mol. The first-order valence-corrected chi connectivity index (χ1v) is 8.51. The molecule has 134 valence electrons. The Morgan fingerprint density at radius 2 is 1.88 bits per heavy atom. The Hall–Kier alpha value is -2.41. The number of allylic oxidation sites excluding steroid dienone is 1. The van der Waals surface area contributed by atoms with E-state index in [-0.39, 0.29) is 18.5 Å². The van der Waals surface area contributed by atoms with E-state index in [0.717, 1.165) is 5.56 Å². The molecular weight excluding hydrogens is 340 g/mol. The van der Waals surface area contributed by atoms with Crippen LogP contribution in [-0.2, 0) is 14.3 Å². The molecule has 2 rings (SSSR count). The third-order valence-corrected chi connectivity index (χ3v) is 3.89. The first-order valence-electron chi connectivity index (χ1n) is 8.10. The Morgan fingerprint density at radius 1 is 1.24 bits per heavy atom. The zero-order valence-corrected chi connectivity index (χ0v) is 15.5. The maximum Gasteiger partial charge on any atom is 0.338 e. The van der Waals surface area contributed by atoms with Crippen LogP contribution in [0.15, 0.2) is 35.5 Å². The van der Waals surface area contributed by atoms with Crippen LogP contribution in [0.25, 0.3) is 0 Å². The van der Waals surface area contributed by atoms with Gasteiger partial charge in [-0.25, -0.2) is 4.79 Å². The molecule has 1 aromatic rings. The van der Waals surface area contributed by atoms with Gasteiger partial charge in [-0.2, -0.15) is 0 Å². The predicted octanol–water partition coefficient (Wildman–Crippen LogP) is 2.60. The van der Waals surface area contributed by atoms with Crippen LogP contribution in [0.4, 0.5) is 0 Å². The molecule has 1 aliphatic heterocycles. The van der Waals surface area contributed by atoms with Crippen molar-refractivity contribution in [3.05, 3.63) is 41.1 Å². The normalized spacial score (nSPS) is 17.0. The second-order valence-corrected chi connectivity index (χ2v) is 6.34. The maximum atomic E-state index is 12.3. The minimum atomic E-state index is -0.428. The van der Waals surface area contributed by atoms with Crippen molar-refractivity contribution in [3.63, 3.8) is 0 Å². The molecule has 0 amide bonds. The zero-order valence-electron chi connectivity index (χ0n) is 14.7. The van der Waals surface area contributed by atoms with Crippen molar-refractivity contribution in [2.75, 3.05) is 6.61 Å². The fourth-order valence-electron chi connectivity index (χ4n) is 2.39. The van der Waals surface area contributed by atoms with E-state index in [1.165, 1.54) is 0 Å². The number of esters is 2. The van der Waals surface area contributed by atoms with Crippen LogP contribution in [0.1, 0.15) is 39.3 Å². The van der Waals surface area contributed by atoms with Gasteiger partial charge in [0, 0.05) is 5.70 Å². The number of ether oxygens (including phenoxy) is 2. The summed E-state index contributed by atoms with van der Waals surface area (Å²) in [7, 11) is 0. The Morgan fingerprint density at radius 3 is 2.44 bits per heavy atom. The highest BCUT2D eigenvalue weighted by molar-refractivity contribution is 7.80. The van der Waals surface area contributed by atoms with Crippen molar-refractivity contribution in [1.29, 1.82) is 0 Å². The number of rotatable bonds is 5. The molecule has 1 atom stereocenters. The molecule has 6 nitrogen and oxygen atoms in total. The molecule has 0 bridgehead atoms. The summed E-state index contributed by atoms with van der Waals surface area (Å²) in [4.78, 5) is 24.0. The molecule has 0 aliphatic carbocycles. The quantitative estimate of drug-likeness (QED) is 0.474. The molecule has 7 heteroatoms. The molecule has 0 saturated carbocycles. The standard InChI is InChI=1S/C18H22N2O4S/c1-5-23-17(22)14-11(4)19-18(25)20-15(14)12-6-8-13(9-7-12)24-16(21)10(2)3/h6-10,15H,5H2,1-4H3,(H2,19,20,25). The van der Waals surface area contributed by atoms with Gasteiger partial charge in [0.15, 0.2) is 5.11 Å². The lowest BCUT2D eigenvalue weighted by Gasteiger charge is -2.29. The lowest BCUT2D eigenvalue weighted by Crippen LogP contribution is -2.45. The molecule has 1 aromatic carbocycles.